The van der Waals surface area contributed by atoms with Gasteiger partial charge in [-0.2, -0.15) is 0 Å². The van der Waals surface area contributed by atoms with Crippen molar-refractivity contribution < 1.29 is 9.90 Å². The molecule has 1 aromatic rings. The molecule has 3 nitrogen and oxygen atoms in total. The van der Waals surface area contributed by atoms with Gasteiger partial charge in [0.2, 0.25) is 0 Å². The molecule has 0 saturated heterocycles. The normalized spacial score (nSPS) is 25.8. The summed E-state index contributed by atoms with van der Waals surface area (Å²) in [5.74, 6) is 0.549. The van der Waals surface area contributed by atoms with Gasteiger partial charge in [0.15, 0.2) is 0 Å². The molecule has 0 aliphatic carbocycles. The van der Waals surface area contributed by atoms with Crippen LogP contribution in [0.5, 0.6) is 0 Å². The summed E-state index contributed by atoms with van der Waals surface area (Å²) in [5, 5.41) is 12.6. The summed E-state index contributed by atoms with van der Waals surface area (Å²) in [6.07, 6.45) is 0.137. The number of aldehydes is 1. The summed E-state index contributed by atoms with van der Waals surface area (Å²) in [5.41, 5.74) is 0.922. The second-order valence-corrected chi connectivity index (χ2v) is 4.24. The number of carbonyl (C=O) groups excluding carboxylic acids is 1. The van der Waals surface area contributed by atoms with Crippen molar-refractivity contribution >= 4 is 23.7 Å². The van der Waals surface area contributed by atoms with E-state index in [1.807, 2.05) is 24.3 Å². The zero-order chi connectivity index (χ0) is 9.97. The van der Waals surface area contributed by atoms with E-state index in [4.69, 9.17) is 0 Å². The van der Waals surface area contributed by atoms with Crippen molar-refractivity contribution in [1.29, 1.82) is 0 Å². The molecule has 0 bridgehead atoms. The average molecular weight is 209 g/mol. The minimum atomic E-state index is -0.620. The summed E-state index contributed by atoms with van der Waals surface area (Å²) in [4.78, 5) is 11.8. The first-order chi connectivity index (χ1) is 6.81. The van der Waals surface area contributed by atoms with Crippen LogP contribution >= 0.6 is 11.8 Å². The van der Waals surface area contributed by atoms with Crippen LogP contribution in [0.3, 0.4) is 0 Å². The fourth-order valence-electron chi connectivity index (χ4n) is 1.39. The monoisotopic (exact) mass is 209 g/mol. The fourth-order valence-corrected chi connectivity index (χ4v) is 2.41. The number of hydrogen-bond donors (Lipinski definition) is 2. The Morgan fingerprint density at radius 1 is 1.50 bits per heavy atom. The summed E-state index contributed by atoms with van der Waals surface area (Å²) in [7, 11) is 0. The van der Waals surface area contributed by atoms with Crippen LogP contribution in [0.15, 0.2) is 29.2 Å². The number of thioether (sulfide) groups is 1. The number of para-hydroxylation sites is 1. The fraction of sp³-hybridized carbons (Fsp3) is 0.300. The molecule has 0 radical (unpaired) electrons. The average Bonchev–Trinajstić information content (AvgIpc) is 2.38. The van der Waals surface area contributed by atoms with Gasteiger partial charge in [0.25, 0.3) is 0 Å². The second-order valence-electron chi connectivity index (χ2n) is 3.18. The third-order valence-corrected chi connectivity index (χ3v) is 3.36. The molecule has 1 aliphatic rings. The van der Waals surface area contributed by atoms with Crippen LogP contribution in [0, 0.1) is 0 Å². The molecule has 2 atom stereocenters. The highest BCUT2D eigenvalue weighted by atomic mass is 32.2. The Bertz CT molecular complexity index is 343. The van der Waals surface area contributed by atoms with Gasteiger partial charge < -0.3 is 15.2 Å². The topological polar surface area (TPSA) is 49.3 Å². The highest BCUT2D eigenvalue weighted by molar-refractivity contribution is 7.99. The smallest absolute Gasteiger partial charge is 0.144 e. The maximum atomic E-state index is 10.7. The molecule has 2 unspecified atom stereocenters. The first-order valence-corrected chi connectivity index (χ1v) is 5.41. The van der Waals surface area contributed by atoms with Gasteiger partial charge in [0.05, 0.1) is 6.10 Å². The zero-order valence-electron chi connectivity index (χ0n) is 7.51. The number of aliphatic hydroxyl groups excluding tert-OH is 1. The first kappa shape index (κ1) is 9.55. The lowest BCUT2D eigenvalue weighted by Crippen LogP contribution is -2.35. The molecular weight excluding hydrogens is 198 g/mol. The van der Waals surface area contributed by atoms with Gasteiger partial charge in [-0.05, 0) is 12.1 Å². The molecule has 2 rings (SSSR count). The Hall–Kier alpha value is -1.00. The van der Waals surface area contributed by atoms with Crippen LogP contribution in [-0.4, -0.2) is 29.3 Å². The molecule has 74 valence electrons. The molecule has 1 aromatic carbocycles. The highest BCUT2D eigenvalue weighted by Crippen LogP contribution is 2.31. The third kappa shape index (κ3) is 1.76. The van der Waals surface area contributed by atoms with Crippen LogP contribution in [0.25, 0.3) is 0 Å². The van der Waals surface area contributed by atoms with Crippen molar-refractivity contribution in [2.24, 2.45) is 0 Å². The predicted octanol–water partition coefficient (Wildman–Crippen LogP) is 1.13. The van der Waals surface area contributed by atoms with E-state index in [-0.39, 0.29) is 0 Å². The summed E-state index contributed by atoms with van der Waals surface area (Å²) in [6.45, 7) is 0. The van der Waals surface area contributed by atoms with E-state index in [1.165, 1.54) is 0 Å². The van der Waals surface area contributed by atoms with Crippen LogP contribution < -0.4 is 5.32 Å². The molecule has 14 heavy (non-hydrogen) atoms. The molecule has 0 fully saturated rings. The molecule has 0 spiro atoms. The predicted molar refractivity (Wildman–Crippen MR) is 56.6 cm³/mol. The van der Waals surface area contributed by atoms with Gasteiger partial charge in [0.1, 0.15) is 12.3 Å². The summed E-state index contributed by atoms with van der Waals surface area (Å²) in [6, 6.07) is 7.25. The lowest BCUT2D eigenvalue weighted by Gasteiger charge is -2.15. The van der Waals surface area contributed by atoms with Gasteiger partial charge in [-0.15, -0.1) is 11.8 Å². The number of nitrogens with one attached hydrogen (secondary N) is 1. The van der Waals surface area contributed by atoms with Gasteiger partial charge in [0, 0.05) is 16.3 Å². The summed E-state index contributed by atoms with van der Waals surface area (Å²) < 4.78 is 0. The number of fused-ring (bicyclic) bond motifs is 1. The molecule has 2 N–H and O–H groups in total. The van der Waals surface area contributed by atoms with Crippen LogP contribution in [0.1, 0.15) is 0 Å². The maximum absolute atomic E-state index is 10.7. The van der Waals surface area contributed by atoms with Crippen LogP contribution in [0.4, 0.5) is 5.69 Å². The zero-order valence-corrected chi connectivity index (χ0v) is 8.33. The highest BCUT2D eigenvalue weighted by Gasteiger charge is 2.23. The largest absolute Gasteiger partial charge is 0.390 e. The molecular formula is C10H11NO2S. The van der Waals surface area contributed by atoms with Gasteiger partial charge in [-0.3, -0.25) is 0 Å². The van der Waals surface area contributed by atoms with Gasteiger partial charge in [-0.25, -0.2) is 0 Å². The van der Waals surface area contributed by atoms with Gasteiger partial charge in [-0.1, -0.05) is 12.1 Å². The second kappa shape index (κ2) is 4.02. The Labute approximate surface area is 86.5 Å². The Morgan fingerprint density at radius 2 is 2.29 bits per heavy atom. The molecule has 4 heteroatoms. The van der Waals surface area contributed by atoms with E-state index in [2.05, 4.69) is 5.32 Å². The standard InChI is InChI=1S/C10H11NO2S/c12-5-8-9(13)6-14-10-4-2-1-3-7(10)11-8/h1-5,8-9,11,13H,6H2. The lowest BCUT2D eigenvalue weighted by molar-refractivity contribution is -0.110. The maximum Gasteiger partial charge on any atom is 0.144 e. The third-order valence-electron chi connectivity index (χ3n) is 2.18. The number of carbonyl (C=O) groups is 1. The van der Waals surface area contributed by atoms with E-state index in [9.17, 15) is 9.90 Å². The quantitative estimate of drug-likeness (QED) is 0.681. The van der Waals surface area contributed by atoms with Crippen molar-refractivity contribution in [3.63, 3.8) is 0 Å². The van der Waals surface area contributed by atoms with Crippen molar-refractivity contribution in [2.75, 3.05) is 11.1 Å². The first-order valence-electron chi connectivity index (χ1n) is 4.43. The van der Waals surface area contributed by atoms with Gasteiger partial charge >= 0.3 is 0 Å². The van der Waals surface area contributed by atoms with Crippen molar-refractivity contribution in [1.82, 2.24) is 0 Å². The van der Waals surface area contributed by atoms with E-state index >= 15 is 0 Å². The molecule has 0 saturated carbocycles. The number of rotatable bonds is 1. The minimum absolute atomic E-state index is 0.494. The molecule has 1 aliphatic heterocycles. The number of benzene rings is 1. The molecule has 0 aromatic heterocycles. The Kier molecular flexibility index (Phi) is 2.74. The van der Waals surface area contributed by atoms with Crippen molar-refractivity contribution in [3.8, 4) is 0 Å². The minimum Gasteiger partial charge on any atom is -0.390 e. The van der Waals surface area contributed by atoms with Crippen LogP contribution in [-0.2, 0) is 4.79 Å². The SMILES string of the molecule is O=CC1Nc2ccccc2SCC1O. The van der Waals surface area contributed by atoms with E-state index < -0.39 is 12.1 Å². The molecule has 1 heterocycles. The Morgan fingerprint density at radius 3 is 3.07 bits per heavy atom. The number of anilines is 1. The van der Waals surface area contributed by atoms with Crippen LogP contribution in [0.2, 0.25) is 0 Å². The number of hydrogen-bond acceptors (Lipinski definition) is 4. The lowest BCUT2D eigenvalue weighted by atomic mass is 10.2. The Balaban J connectivity index is 2.30. The van der Waals surface area contributed by atoms with Crippen molar-refractivity contribution in [2.45, 2.75) is 17.0 Å². The number of aliphatic hydroxyl groups is 1. The summed E-state index contributed by atoms with van der Waals surface area (Å²) >= 11 is 1.57. The van der Waals surface area contributed by atoms with Crippen molar-refractivity contribution in [3.05, 3.63) is 24.3 Å². The van der Waals surface area contributed by atoms with E-state index in [1.54, 1.807) is 11.8 Å². The molecule has 0 amide bonds. The van der Waals surface area contributed by atoms with E-state index in [0.717, 1.165) is 16.9 Å². The van der Waals surface area contributed by atoms with E-state index in [0.29, 0.717) is 5.75 Å².